The molecular weight excluding hydrogens is 477 g/mol. The highest BCUT2D eigenvalue weighted by molar-refractivity contribution is 7.92. The van der Waals surface area contributed by atoms with Crippen LogP contribution in [0.5, 0.6) is 0 Å². The second-order valence-corrected chi connectivity index (χ2v) is 9.77. The van der Waals surface area contributed by atoms with Crippen LogP contribution in [0.2, 0.25) is 0 Å². The van der Waals surface area contributed by atoms with Crippen molar-refractivity contribution in [2.45, 2.75) is 29.9 Å². The van der Waals surface area contributed by atoms with Gasteiger partial charge in [-0.05, 0) is 48.9 Å². The molecule has 0 saturated carbocycles. The van der Waals surface area contributed by atoms with Crippen LogP contribution in [-0.2, 0) is 25.9 Å². The number of halogens is 3. The van der Waals surface area contributed by atoms with Crippen molar-refractivity contribution in [3.05, 3.63) is 48.2 Å². The van der Waals surface area contributed by atoms with Gasteiger partial charge in [-0.15, -0.1) is 0 Å². The number of benzene rings is 1. The smallest absolute Gasteiger partial charge is 0.378 e. The number of pyridine rings is 1. The summed E-state index contributed by atoms with van der Waals surface area (Å²) in [6, 6.07) is 5.54. The van der Waals surface area contributed by atoms with Crippen LogP contribution in [0.15, 0.2) is 47.5 Å². The molecule has 9 nitrogen and oxygen atoms in total. The van der Waals surface area contributed by atoms with Crippen molar-refractivity contribution in [2.75, 3.05) is 36.1 Å². The fourth-order valence-electron chi connectivity index (χ4n) is 3.78. The lowest BCUT2D eigenvalue weighted by Gasteiger charge is -2.28. The molecule has 0 radical (unpaired) electrons. The SMILES string of the molecule is CC1C(=O)N(c2ccc(S(=O)(=O)C(F)(F)F)cc2)C(=O)N1Cc1ccnc(N2CCOCC2)c1. The summed E-state index contributed by atoms with van der Waals surface area (Å²) in [5.74, 6) is 0.156. The van der Waals surface area contributed by atoms with Crippen LogP contribution >= 0.6 is 0 Å². The summed E-state index contributed by atoms with van der Waals surface area (Å²) in [6.45, 7) is 4.19. The number of ether oxygens (including phenoxy) is 1. The predicted octanol–water partition coefficient (Wildman–Crippen LogP) is 2.57. The van der Waals surface area contributed by atoms with Gasteiger partial charge in [0.15, 0.2) is 0 Å². The van der Waals surface area contributed by atoms with Crippen LogP contribution in [0, 0.1) is 0 Å². The van der Waals surface area contributed by atoms with Crippen molar-refractivity contribution < 1.29 is 35.9 Å². The number of rotatable bonds is 5. The molecule has 0 spiro atoms. The minimum Gasteiger partial charge on any atom is -0.378 e. The van der Waals surface area contributed by atoms with Crippen LogP contribution in [0.1, 0.15) is 12.5 Å². The number of nitrogens with zero attached hydrogens (tertiary/aromatic N) is 4. The highest BCUT2D eigenvalue weighted by atomic mass is 32.2. The molecule has 1 unspecified atom stereocenters. The van der Waals surface area contributed by atoms with E-state index in [2.05, 4.69) is 9.88 Å². The summed E-state index contributed by atoms with van der Waals surface area (Å²) in [5.41, 5.74) is -4.73. The zero-order valence-corrected chi connectivity index (χ0v) is 18.8. The lowest BCUT2D eigenvalue weighted by molar-refractivity contribution is -0.119. The third kappa shape index (κ3) is 4.32. The Morgan fingerprint density at radius 1 is 1.09 bits per heavy atom. The maximum Gasteiger partial charge on any atom is 0.501 e. The first-order valence-electron chi connectivity index (χ1n) is 10.3. The van der Waals surface area contributed by atoms with E-state index < -0.39 is 38.2 Å². The Morgan fingerprint density at radius 3 is 2.35 bits per heavy atom. The summed E-state index contributed by atoms with van der Waals surface area (Å²) >= 11 is 0. The Morgan fingerprint density at radius 2 is 1.74 bits per heavy atom. The van der Waals surface area contributed by atoms with Gasteiger partial charge in [-0.3, -0.25) is 4.79 Å². The number of hydrogen-bond acceptors (Lipinski definition) is 7. The van der Waals surface area contributed by atoms with E-state index in [0.29, 0.717) is 26.3 Å². The average Bonchev–Trinajstić information content (AvgIpc) is 3.02. The molecule has 4 rings (SSSR count). The lowest BCUT2D eigenvalue weighted by atomic mass is 10.2. The van der Waals surface area contributed by atoms with Gasteiger partial charge < -0.3 is 14.5 Å². The molecule has 2 aliphatic heterocycles. The monoisotopic (exact) mass is 498 g/mol. The predicted molar refractivity (Wildman–Crippen MR) is 115 cm³/mol. The molecule has 1 atom stereocenters. The number of carbonyl (C=O) groups excluding carboxylic acids is 2. The molecule has 13 heteroatoms. The Balaban J connectivity index is 1.54. The molecule has 182 valence electrons. The van der Waals surface area contributed by atoms with E-state index in [4.69, 9.17) is 4.74 Å². The van der Waals surface area contributed by atoms with Gasteiger partial charge in [0.1, 0.15) is 11.9 Å². The van der Waals surface area contributed by atoms with Crippen LogP contribution in [0.4, 0.5) is 29.5 Å². The van der Waals surface area contributed by atoms with E-state index in [9.17, 15) is 31.2 Å². The van der Waals surface area contributed by atoms with Crippen LogP contribution in [0.3, 0.4) is 0 Å². The Hall–Kier alpha value is -3.19. The van der Waals surface area contributed by atoms with Gasteiger partial charge in [0.05, 0.1) is 23.8 Å². The quantitative estimate of drug-likeness (QED) is 0.584. The number of sulfone groups is 1. The van der Waals surface area contributed by atoms with E-state index >= 15 is 0 Å². The van der Waals surface area contributed by atoms with Crippen molar-refractivity contribution in [3.63, 3.8) is 0 Å². The van der Waals surface area contributed by atoms with Crippen LogP contribution in [-0.4, -0.2) is 68.1 Å². The van der Waals surface area contributed by atoms with Gasteiger partial charge in [0.2, 0.25) is 0 Å². The summed E-state index contributed by atoms with van der Waals surface area (Å²) in [5, 5.41) is 0. The van der Waals surface area contributed by atoms with E-state index in [1.807, 2.05) is 6.07 Å². The van der Waals surface area contributed by atoms with Crippen molar-refractivity contribution >= 4 is 33.3 Å². The molecule has 2 aliphatic rings. The maximum absolute atomic E-state index is 13.0. The third-order valence-corrected chi connectivity index (χ3v) is 7.19. The van der Waals surface area contributed by atoms with Crippen molar-refractivity contribution in [2.24, 2.45) is 0 Å². The van der Waals surface area contributed by atoms with Crippen molar-refractivity contribution in [1.29, 1.82) is 0 Å². The summed E-state index contributed by atoms with van der Waals surface area (Å²) in [7, 11) is -5.54. The molecule has 0 bridgehead atoms. The van der Waals surface area contributed by atoms with Crippen LogP contribution in [0.25, 0.3) is 0 Å². The van der Waals surface area contributed by atoms with E-state index in [-0.39, 0.29) is 12.2 Å². The number of hydrogen-bond donors (Lipinski definition) is 0. The molecule has 2 fully saturated rings. The first kappa shape index (κ1) is 24.0. The largest absolute Gasteiger partial charge is 0.501 e. The van der Waals surface area contributed by atoms with Gasteiger partial charge in [-0.2, -0.15) is 13.2 Å². The minimum absolute atomic E-state index is 0.0193. The fraction of sp³-hybridized carbons (Fsp3) is 0.381. The zero-order valence-electron chi connectivity index (χ0n) is 18.0. The highest BCUT2D eigenvalue weighted by Gasteiger charge is 2.47. The second kappa shape index (κ2) is 8.87. The zero-order chi connectivity index (χ0) is 24.7. The number of alkyl halides is 3. The topological polar surface area (TPSA) is 100 Å². The van der Waals surface area contributed by atoms with Gasteiger partial charge in [0.25, 0.3) is 15.7 Å². The average molecular weight is 498 g/mol. The second-order valence-electron chi connectivity index (χ2n) is 7.82. The Labute approximate surface area is 193 Å². The van der Waals surface area contributed by atoms with Gasteiger partial charge in [-0.25, -0.2) is 23.1 Å². The third-order valence-electron chi connectivity index (χ3n) is 5.69. The number of aromatic nitrogens is 1. The van der Waals surface area contributed by atoms with E-state index in [1.165, 1.54) is 4.90 Å². The fourth-order valence-corrected chi connectivity index (χ4v) is 4.54. The molecule has 3 amide bonds. The summed E-state index contributed by atoms with van der Waals surface area (Å²) in [4.78, 5) is 33.5. The highest BCUT2D eigenvalue weighted by Crippen LogP contribution is 2.33. The summed E-state index contributed by atoms with van der Waals surface area (Å²) in [6.07, 6.45) is 1.62. The number of carbonyl (C=O) groups is 2. The molecule has 1 aromatic heterocycles. The number of amides is 3. The maximum atomic E-state index is 13.0. The molecule has 2 saturated heterocycles. The number of urea groups is 1. The minimum atomic E-state index is -5.54. The van der Waals surface area contributed by atoms with Gasteiger partial charge in [-0.1, -0.05) is 0 Å². The normalized spacial score (nSPS) is 19.8. The lowest BCUT2D eigenvalue weighted by Crippen LogP contribution is -2.37. The first-order chi connectivity index (χ1) is 16.0. The molecule has 1 aromatic carbocycles. The van der Waals surface area contributed by atoms with E-state index in [0.717, 1.165) is 40.5 Å². The van der Waals surface area contributed by atoms with Gasteiger partial charge in [0, 0.05) is 25.8 Å². The molecule has 2 aromatic rings. The molecule has 0 N–H and O–H groups in total. The van der Waals surface area contributed by atoms with Gasteiger partial charge >= 0.3 is 11.5 Å². The number of imide groups is 1. The molecule has 3 heterocycles. The molecule has 0 aliphatic carbocycles. The standard InChI is InChI=1S/C21H21F3N4O5S/c1-14-19(29)28(16-2-4-17(5-3-16)34(31,32)21(22,23)24)20(30)27(14)13-15-6-7-25-18(12-15)26-8-10-33-11-9-26/h2-7,12,14H,8-11,13H2,1H3. The van der Waals surface area contributed by atoms with Crippen molar-refractivity contribution in [1.82, 2.24) is 9.88 Å². The Kier molecular flexibility index (Phi) is 6.25. The number of morpholine rings is 1. The molecular formula is C21H21F3N4O5S. The van der Waals surface area contributed by atoms with Crippen LogP contribution < -0.4 is 9.80 Å². The summed E-state index contributed by atoms with van der Waals surface area (Å²) < 4.78 is 66.8. The van der Waals surface area contributed by atoms with E-state index in [1.54, 1.807) is 19.2 Å². The number of anilines is 2. The Bertz CT molecular complexity index is 1200. The molecule has 34 heavy (non-hydrogen) atoms. The first-order valence-corrected chi connectivity index (χ1v) is 11.8. The van der Waals surface area contributed by atoms with Crippen molar-refractivity contribution in [3.8, 4) is 0 Å².